The Morgan fingerprint density at radius 2 is 1.27 bits per heavy atom. The summed E-state index contributed by atoms with van der Waals surface area (Å²) in [7, 11) is 0.750. The van der Waals surface area contributed by atoms with Crippen LogP contribution >= 0.6 is 0 Å². The van der Waals surface area contributed by atoms with Gasteiger partial charge in [-0.05, 0) is 0 Å². The minimum absolute atomic E-state index is 0.750. The molecule has 0 bridgehead atoms. The standard InChI is InChI=1S/2C4H9.CH3O.Al/c2*1-3-4-2;1-2;/h2*1,3-4H2,2H3;1H3;/q;;-1;+1. The van der Waals surface area contributed by atoms with Gasteiger partial charge < -0.3 is 5.11 Å². The van der Waals surface area contributed by atoms with E-state index in [2.05, 4.69) is 13.8 Å². The second-order valence-electron chi connectivity index (χ2n) is 2.57. The van der Waals surface area contributed by atoms with Crippen LogP contribution in [-0.2, 0) is 0 Å². The van der Waals surface area contributed by atoms with Crippen LogP contribution in [0.3, 0.4) is 0 Å². The van der Waals surface area contributed by atoms with E-state index in [0.29, 0.717) is 0 Å². The quantitative estimate of drug-likeness (QED) is 0.444. The van der Waals surface area contributed by atoms with Gasteiger partial charge in [-0.1, -0.05) is 0 Å². The van der Waals surface area contributed by atoms with Crippen molar-refractivity contribution < 1.29 is 5.11 Å². The maximum atomic E-state index is 8.25. The molecule has 2 heteroatoms. The van der Waals surface area contributed by atoms with Crippen LogP contribution in [0, 0.1) is 0 Å². The zero-order valence-electron chi connectivity index (χ0n) is 8.23. The van der Waals surface area contributed by atoms with Crippen LogP contribution < -0.4 is 5.11 Å². The molecule has 0 fully saturated rings. The average Bonchev–Trinajstić information content (AvgIpc) is 2.08. The molecular formula is C9H21AlO. The molecule has 0 N–H and O–H groups in total. The van der Waals surface area contributed by atoms with Gasteiger partial charge in [-0.15, -0.1) is 0 Å². The third kappa shape index (κ3) is 18.0. The van der Waals surface area contributed by atoms with E-state index < -0.39 is 0 Å². The van der Waals surface area contributed by atoms with Crippen molar-refractivity contribution in [3.8, 4) is 0 Å². The van der Waals surface area contributed by atoms with Crippen molar-refractivity contribution in [3.63, 3.8) is 0 Å². The molecule has 11 heavy (non-hydrogen) atoms. The minimum Gasteiger partial charge on any atom is -0.857 e. The summed E-state index contributed by atoms with van der Waals surface area (Å²) >= 11 is 0.818. The van der Waals surface area contributed by atoms with Gasteiger partial charge in [0, 0.05) is 0 Å². The van der Waals surface area contributed by atoms with E-state index in [1.165, 1.54) is 36.2 Å². The molecule has 0 atom stereocenters. The molecule has 66 valence electrons. The maximum Gasteiger partial charge on any atom is -0.153 e. The summed E-state index contributed by atoms with van der Waals surface area (Å²) in [6.45, 7) is 4.55. The Bertz CT molecular complexity index is 42.8. The Morgan fingerprint density at radius 3 is 1.55 bits per heavy atom. The third-order valence-electron chi connectivity index (χ3n) is 1.52. The van der Waals surface area contributed by atoms with Crippen molar-refractivity contribution >= 4 is 15.2 Å². The molecule has 0 aliphatic heterocycles. The number of unbranched alkanes of at least 4 members (excludes halogenated alkanes) is 2. The van der Waals surface area contributed by atoms with Gasteiger partial charge in [0.2, 0.25) is 0 Å². The molecule has 0 heterocycles. The van der Waals surface area contributed by atoms with Crippen LogP contribution in [0.4, 0.5) is 0 Å². The summed E-state index contributed by atoms with van der Waals surface area (Å²) in [6.07, 6.45) is 5.72. The van der Waals surface area contributed by atoms with Crippen LogP contribution in [0.5, 0.6) is 0 Å². The van der Waals surface area contributed by atoms with E-state index in [4.69, 9.17) is 5.11 Å². The van der Waals surface area contributed by atoms with Gasteiger partial charge >= 0.3 is 65.3 Å². The van der Waals surface area contributed by atoms with Gasteiger partial charge in [0.25, 0.3) is 0 Å². The topological polar surface area (TPSA) is 23.1 Å². The monoisotopic (exact) mass is 172 g/mol. The van der Waals surface area contributed by atoms with Gasteiger partial charge in [0.1, 0.15) is 0 Å². The SMILES string of the molecule is CCC[CH2][Al+][CH2]CCC.C[O-]. The Morgan fingerprint density at radius 1 is 0.909 bits per heavy atom. The van der Waals surface area contributed by atoms with Gasteiger partial charge in [-0.3, -0.25) is 0 Å². The maximum absolute atomic E-state index is 8.25. The minimum atomic E-state index is 0.750. The number of rotatable bonds is 6. The molecule has 0 aliphatic carbocycles. The Hall–Kier alpha value is 0.492. The van der Waals surface area contributed by atoms with Gasteiger partial charge in [-0.2, -0.15) is 7.11 Å². The molecule has 0 unspecified atom stereocenters. The Balaban J connectivity index is 0. The fraction of sp³-hybridized carbons (Fsp3) is 1.00. The summed E-state index contributed by atoms with van der Waals surface area (Å²) < 4.78 is 0. The van der Waals surface area contributed by atoms with Crippen LogP contribution in [0.2, 0.25) is 10.6 Å². The van der Waals surface area contributed by atoms with Crippen LogP contribution in [0.15, 0.2) is 0 Å². The Kier molecular flexibility index (Phi) is 21.5. The van der Waals surface area contributed by atoms with E-state index in [9.17, 15) is 0 Å². The van der Waals surface area contributed by atoms with Gasteiger partial charge in [0.05, 0.1) is 0 Å². The summed E-state index contributed by atoms with van der Waals surface area (Å²) in [5, 5.41) is 11.3. The van der Waals surface area contributed by atoms with Gasteiger partial charge in [0.15, 0.2) is 0 Å². The molecule has 0 amide bonds. The third-order valence-corrected chi connectivity index (χ3v) is 3.16. The Labute approximate surface area is 77.9 Å². The zero-order chi connectivity index (χ0) is 8.95. The average molecular weight is 172 g/mol. The molecule has 0 aromatic carbocycles. The van der Waals surface area contributed by atoms with E-state index in [0.717, 1.165) is 22.3 Å². The first kappa shape index (κ1) is 14.0. The molecule has 0 rings (SSSR count). The van der Waals surface area contributed by atoms with E-state index in [-0.39, 0.29) is 0 Å². The second-order valence-corrected chi connectivity index (χ2v) is 4.31. The van der Waals surface area contributed by atoms with Crippen molar-refractivity contribution in [2.75, 3.05) is 7.11 Å². The van der Waals surface area contributed by atoms with Crippen molar-refractivity contribution in [2.24, 2.45) is 0 Å². The molecule has 0 aliphatic rings. The van der Waals surface area contributed by atoms with Crippen LogP contribution in [0.1, 0.15) is 39.5 Å². The zero-order valence-corrected chi connectivity index (χ0v) is 9.38. The summed E-state index contributed by atoms with van der Waals surface area (Å²) in [5.41, 5.74) is 0. The van der Waals surface area contributed by atoms with Crippen molar-refractivity contribution in [1.29, 1.82) is 0 Å². The molecule has 0 saturated heterocycles. The van der Waals surface area contributed by atoms with E-state index in [1.54, 1.807) is 0 Å². The fourth-order valence-electron chi connectivity index (χ4n) is 0.841. The van der Waals surface area contributed by atoms with Gasteiger partial charge in [-0.25, -0.2) is 0 Å². The first-order valence-corrected chi connectivity index (χ1v) is 6.27. The molecule has 0 aromatic heterocycles. The fourth-order valence-corrected chi connectivity index (χ4v) is 2.52. The van der Waals surface area contributed by atoms with Crippen LogP contribution in [0.25, 0.3) is 0 Å². The first-order valence-electron chi connectivity index (χ1n) is 4.64. The summed E-state index contributed by atoms with van der Waals surface area (Å²) in [4.78, 5) is 0. The van der Waals surface area contributed by atoms with Crippen molar-refractivity contribution in [3.05, 3.63) is 0 Å². The molecule has 0 spiro atoms. The predicted octanol–water partition coefficient (Wildman–Crippen LogP) is 2.10. The molecule has 1 nitrogen and oxygen atoms in total. The van der Waals surface area contributed by atoms with E-state index in [1.807, 2.05) is 0 Å². The molecular weight excluding hydrogens is 151 g/mol. The van der Waals surface area contributed by atoms with E-state index >= 15 is 0 Å². The second kappa shape index (κ2) is 16.8. The normalized spacial score (nSPS) is 8.00. The predicted molar refractivity (Wildman–Crippen MR) is 51.1 cm³/mol. The molecule has 0 saturated carbocycles. The van der Waals surface area contributed by atoms with Crippen molar-refractivity contribution in [2.45, 2.75) is 50.1 Å². The summed E-state index contributed by atoms with van der Waals surface area (Å²) in [5.74, 6) is 0. The van der Waals surface area contributed by atoms with Crippen molar-refractivity contribution in [1.82, 2.24) is 0 Å². The largest absolute Gasteiger partial charge is 0.857 e. The summed E-state index contributed by atoms with van der Waals surface area (Å²) in [6, 6.07) is 0. The number of hydrogen-bond acceptors (Lipinski definition) is 1. The van der Waals surface area contributed by atoms with Crippen LogP contribution in [-0.4, -0.2) is 22.3 Å². The smallest absolute Gasteiger partial charge is 0.153 e. The number of hydrogen-bond donors (Lipinski definition) is 0. The molecule has 0 radical (unpaired) electrons. The molecule has 0 aromatic rings. The first-order chi connectivity index (χ1) is 5.41.